The van der Waals surface area contributed by atoms with Crippen LogP contribution in [0.25, 0.3) is 0 Å². The first-order valence-corrected chi connectivity index (χ1v) is 6.03. The first-order valence-electron chi connectivity index (χ1n) is 6.03. The largest absolute Gasteiger partial charge is 0.477 e. The van der Waals surface area contributed by atoms with Crippen molar-refractivity contribution in [2.45, 2.75) is 39.7 Å². The van der Waals surface area contributed by atoms with Crippen molar-refractivity contribution in [1.29, 1.82) is 0 Å². The SMILES string of the molecule is Cc1cc(C(=O)O)n(C(C)c2nc(C(C)C)no2)n1. The maximum atomic E-state index is 11.2. The Morgan fingerprint density at radius 3 is 2.63 bits per heavy atom. The molecule has 7 nitrogen and oxygen atoms in total. The highest BCUT2D eigenvalue weighted by Gasteiger charge is 2.23. The monoisotopic (exact) mass is 264 g/mol. The molecule has 0 spiro atoms. The summed E-state index contributed by atoms with van der Waals surface area (Å²) < 4.78 is 6.56. The second kappa shape index (κ2) is 4.83. The molecule has 0 bridgehead atoms. The maximum absolute atomic E-state index is 11.2. The second-order valence-electron chi connectivity index (χ2n) is 4.74. The fraction of sp³-hybridized carbons (Fsp3) is 0.500. The van der Waals surface area contributed by atoms with Gasteiger partial charge < -0.3 is 9.63 Å². The van der Waals surface area contributed by atoms with Gasteiger partial charge in [-0.25, -0.2) is 9.48 Å². The van der Waals surface area contributed by atoms with Crippen LogP contribution >= 0.6 is 0 Å². The summed E-state index contributed by atoms with van der Waals surface area (Å²) in [5, 5.41) is 17.2. The molecule has 0 radical (unpaired) electrons. The summed E-state index contributed by atoms with van der Waals surface area (Å²) in [6.45, 7) is 7.43. The zero-order valence-corrected chi connectivity index (χ0v) is 11.3. The van der Waals surface area contributed by atoms with E-state index in [1.165, 1.54) is 10.7 Å². The summed E-state index contributed by atoms with van der Waals surface area (Å²) >= 11 is 0. The molecule has 19 heavy (non-hydrogen) atoms. The van der Waals surface area contributed by atoms with E-state index in [2.05, 4.69) is 15.2 Å². The van der Waals surface area contributed by atoms with Gasteiger partial charge in [0, 0.05) is 5.92 Å². The van der Waals surface area contributed by atoms with E-state index in [9.17, 15) is 4.79 Å². The van der Waals surface area contributed by atoms with E-state index >= 15 is 0 Å². The second-order valence-corrected chi connectivity index (χ2v) is 4.74. The van der Waals surface area contributed by atoms with E-state index in [-0.39, 0.29) is 11.6 Å². The van der Waals surface area contributed by atoms with Crippen molar-refractivity contribution in [3.8, 4) is 0 Å². The topological polar surface area (TPSA) is 94.0 Å². The Hall–Kier alpha value is -2.18. The lowest BCUT2D eigenvalue weighted by molar-refractivity contribution is 0.0681. The molecule has 0 fully saturated rings. The number of aryl methyl sites for hydroxylation is 1. The molecule has 1 unspecified atom stereocenters. The highest BCUT2D eigenvalue weighted by Crippen LogP contribution is 2.20. The van der Waals surface area contributed by atoms with Gasteiger partial charge >= 0.3 is 5.97 Å². The molecule has 0 amide bonds. The Morgan fingerprint density at radius 1 is 1.42 bits per heavy atom. The molecular formula is C12H16N4O3. The van der Waals surface area contributed by atoms with Gasteiger partial charge in [0.2, 0.25) is 0 Å². The molecule has 0 saturated heterocycles. The van der Waals surface area contributed by atoms with E-state index in [0.29, 0.717) is 17.4 Å². The molecule has 1 N–H and O–H groups in total. The van der Waals surface area contributed by atoms with Crippen LogP contribution in [0.5, 0.6) is 0 Å². The number of nitrogens with zero attached hydrogens (tertiary/aromatic N) is 4. The Kier molecular flexibility index (Phi) is 3.37. The van der Waals surface area contributed by atoms with Crippen LogP contribution < -0.4 is 0 Å². The van der Waals surface area contributed by atoms with Crippen molar-refractivity contribution >= 4 is 5.97 Å². The zero-order valence-electron chi connectivity index (χ0n) is 11.3. The number of rotatable bonds is 4. The van der Waals surface area contributed by atoms with Crippen molar-refractivity contribution in [2.75, 3.05) is 0 Å². The molecule has 2 heterocycles. The highest BCUT2D eigenvalue weighted by molar-refractivity contribution is 5.85. The van der Waals surface area contributed by atoms with E-state index in [1.807, 2.05) is 13.8 Å². The molecule has 0 aromatic carbocycles. The van der Waals surface area contributed by atoms with Crippen LogP contribution in [-0.2, 0) is 0 Å². The summed E-state index contributed by atoms with van der Waals surface area (Å²) in [4.78, 5) is 15.4. The van der Waals surface area contributed by atoms with Gasteiger partial charge in [0.05, 0.1) is 5.69 Å². The van der Waals surface area contributed by atoms with Crippen LogP contribution in [-0.4, -0.2) is 31.0 Å². The first kappa shape index (κ1) is 13.3. The number of carboxylic acid groups (broad SMARTS) is 1. The summed E-state index contributed by atoms with van der Waals surface area (Å²) in [5.41, 5.74) is 0.738. The van der Waals surface area contributed by atoms with E-state index < -0.39 is 12.0 Å². The Morgan fingerprint density at radius 2 is 2.11 bits per heavy atom. The third-order valence-electron chi connectivity index (χ3n) is 2.78. The third-order valence-corrected chi connectivity index (χ3v) is 2.78. The summed E-state index contributed by atoms with van der Waals surface area (Å²) in [6, 6.07) is 1.10. The number of aromatic carboxylic acids is 1. The molecule has 0 aliphatic carbocycles. The first-order chi connectivity index (χ1) is 8.90. The van der Waals surface area contributed by atoms with Crippen LogP contribution in [0.1, 0.15) is 60.6 Å². The lowest BCUT2D eigenvalue weighted by atomic mass is 10.2. The molecule has 0 saturated carbocycles. The van der Waals surface area contributed by atoms with Crippen molar-refractivity contribution in [1.82, 2.24) is 19.9 Å². The normalized spacial score (nSPS) is 12.9. The fourth-order valence-electron chi connectivity index (χ4n) is 1.73. The summed E-state index contributed by atoms with van der Waals surface area (Å²) in [7, 11) is 0. The number of aromatic nitrogens is 4. The predicted molar refractivity (Wildman–Crippen MR) is 66.1 cm³/mol. The molecule has 0 aliphatic heterocycles. The average molecular weight is 264 g/mol. The van der Waals surface area contributed by atoms with E-state index in [1.54, 1.807) is 13.8 Å². The zero-order chi connectivity index (χ0) is 14.2. The van der Waals surface area contributed by atoms with Gasteiger partial charge in [-0.2, -0.15) is 10.1 Å². The molecular weight excluding hydrogens is 248 g/mol. The number of carbonyl (C=O) groups is 1. The van der Waals surface area contributed by atoms with Crippen molar-refractivity contribution in [2.24, 2.45) is 0 Å². The van der Waals surface area contributed by atoms with Crippen LogP contribution in [0.2, 0.25) is 0 Å². The molecule has 1 atom stereocenters. The third kappa shape index (κ3) is 2.49. The minimum absolute atomic E-state index is 0.106. The van der Waals surface area contributed by atoms with Gasteiger partial charge in [-0.05, 0) is 19.9 Å². The van der Waals surface area contributed by atoms with Crippen LogP contribution in [0, 0.1) is 6.92 Å². The Bertz CT molecular complexity index is 600. The van der Waals surface area contributed by atoms with Crippen LogP contribution in [0.15, 0.2) is 10.6 Å². The molecule has 7 heteroatoms. The smallest absolute Gasteiger partial charge is 0.354 e. The van der Waals surface area contributed by atoms with E-state index in [0.717, 1.165) is 0 Å². The van der Waals surface area contributed by atoms with Gasteiger partial charge in [-0.15, -0.1) is 0 Å². The van der Waals surface area contributed by atoms with Gasteiger partial charge in [-0.1, -0.05) is 19.0 Å². The molecule has 102 valence electrons. The van der Waals surface area contributed by atoms with Crippen molar-refractivity contribution < 1.29 is 14.4 Å². The molecule has 2 rings (SSSR count). The highest BCUT2D eigenvalue weighted by atomic mass is 16.5. The van der Waals surface area contributed by atoms with Crippen molar-refractivity contribution in [3.63, 3.8) is 0 Å². The van der Waals surface area contributed by atoms with Crippen LogP contribution in [0.3, 0.4) is 0 Å². The van der Waals surface area contributed by atoms with E-state index in [4.69, 9.17) is 9.63 Å². The maximum Gasteiger partial charge on any atom is 0.354 e. The minimum atomic E-state index is -1.03. The predicted octanol–water partition coefficient (Wildman–Crippen LogP) is 2.01. The molecule has 2 aromatic heterocycles. The Balaban J connectivity index is 2.37. The molecule has 2 aromatic rings. The lowest BCUT2D eigenvalue weighted by Gasteiger charge is -2.09. The van der Waals surface area contributed by atoms with Crippen molar-refractivity contribution in [3.05, 3.63) is 29.2 Å². The summed E-state index contributed by atoms with van der Waals surface area (Å²) in [5.74, 6) is 0.0796. The fourth-order valence-corrected chi connectivity index (χ4v) is 1.73. The van der Waals surface area contributed by atoms with Gasteiger partial charge in [0.1, 0.15) is 11.7 Å². The average Bonchev–Trinajstić information content (AvgIpc) is 2.94. The lowest BCUT2D eigenvalue weighted by Crippen LogP contribution is -2.15. The molecule has 0 aliphatic rings. The number of hydrogen-bond acceptors (Lipinski definition) is 5. The Labute approximate surface area is 110 Å². The number of hydrogen-bond donors (Lipinski definition) is 1. The van der Waals surface area contributed by atoms with Gasteiger partial charge in [0.15, 0.2) is 5.82 Å². The van der Waals surface area contributed by atoms with Crippen LogP contribution in [0.4, 0.5) is 0 Å². The van der Waals surface area contributed by atoms with Gasteiger partial charge in [0.25, 0.3) is 5.89 Å². The summed E-state index contributed by atoms with van der Waals surface area (Å²) in [6.07, 6.45) is 0. The minimum Gasteiger partial charge on any atom is -0.477 e. The quantitative estimate of drug-likeness (QED) is 0.907. The van der Waals surface area contributed by atoms with Gasteiger partial charge in [-0.3, -0.25) is 0 Å². The number of carboxylic acids is 1. The standard InChI is InChI=1S/C12H16N4O3/c1-6(2)10-13-11(19-15-10)8(4)16-9(12(17)18)5-7(3)14-16/h5-6,8H,1-4H3,(H,17,18).